The summed E-state index contributed by atoms with van der Waals surface area (Å²) in [7, 11) is 0. The lowest BCUT2D eigenvalue weighted by molar-refractivity contribution is 0.151. The van der Waals surface area contributed by atoms with E-state index in [1.54, 1.807) is 0 Å². The van der Waals surface area contributed by atoms with Crippen LogP contribution in [0.2, 0.25) is 0 Å². The van der Waals surface area contributed by atoms with Crippen molar-refractivity contribution < 1.29 is 13.2 Å². The van der Waals surface area contributed by atoms with Gasteiger partial charge in [-0.2, -0.15) is 4.99 Å². The van der Waals surface area contributed by atoms with Gasteiger partial charge in [0.2, 0.25) is 11.9 Å². The Kier molecular flexibility index (Phi) is 4.46. The molecule has 4 N–H and O–H groups in total. The average molecular weight is 404 g/mol. The molecular weight excluding hydrogens is 387 g/mol. The molecule has 0 saturated heterocycles. The van der Waals surface area contributed by atoms with Crippen molar-refractivity contribution in [3.8, 4) is 0 Å². The number of nitrogens with zero attached hydrogens (tertiary/aromatic N) is 3. The first-order valence-electron chi connectivity index (χ1n) is 7.61. The third-order valence-electron chi connectivity index (χ3n) is 4.37. The highest BCUT2D eigenvalue weighted by Crippen LogP contribution is 2.43. The van der Waals surface area contributed by atoms with E-state index < -0.39 is 23.5 Å². The van der Waals surface area contributed by atoms with E-state index in [4.69, 9.17) is 11.5 Å². The van der Waals surface area contributed by atoms with E-state index in [1.807, 2.05) is 0 Å². The zero-order valence-electron chi connectivity index (χ0n) is 12.8. The molecule has 1 spiro atoms. The summed E-state index contributed by atoms with van der Waals surface area (Å²) in [6.07, 6.45) is 1.30. The summed E-state index contributed by atoms with van der Waals surface area (Å²) in [5.74, 6) is -0.751. The molecule has 1 fully saturated rings. The van der Waals surface area contributed by atoms with E-state index in [0.29, 0.717) is 12.8 Å². The Morgan fingerprint density at radius 1 is 1.17 bits per heavy atom. The van der Waals surface area contributed by atoms with Crippen molar-refractivity contribution in [3.63, 3.8) is 0 Å². The summed E-state index contributed by atoms with van der Waals surface area (Å²) in [6, 6.07) is 2.00. The molecule has 0 unspecified atom stereocenters. The summed E-state index contributed by atoms with van der Waals surface area (Å²) >= 11 is 3.19. The van der Waals surface area contributed by atoms with Gasteiger partial charge < -0.3 is 11.5 Å². The molecule has 0 radical (unpaired) electrons. The minimum absolute atomic E-state index is 0.00815. The van der Waals surface area contributed by atoms with Gasteiger partial charge in [-0.05, 0) is 53.7 Å². The Morgan fingerprint density at radius 3 is 2.42 bits per heavy atom. The fraction of sp³-hybridized carbons (Fsp3) is 0.467. The number of benzene rings is 1. The molecule has 1 aliphatic carbocycles. The highest BCUT2D eigenvalue weighted by Gasteiger charge is 2.44. The maximum Gasteiger partial charge on any atom is 0.263 e. The van der Waals surface area contributed by atoms with Crippen LogP contribution in [-0.4, -0.2) is 17.6 Å². The first-order valence-corrected chi connectivity index (χ1v) is 8.40. The first kappa shape index (κ1) is 17.1. The normalized spacial score (nSPS) is 20.3. The van der Waals surface area contributed by atoms with Gasteiger partial charge in [-0.3, -0.25) is 4.90 Å². The van der Waals surface area contributed by atoms with Gasteiger partial charge >= 0.3 is 0 Å². The topological polar surface area (TPSA) is 80.0 Å². The molecule has 1 heterocycles. The molecule has 0 aromatic heterocycles. The van der Waals surface area contributed by atoms with Crippen LogP contribution in [0.25, 0.3) is 0 Å². The van der Waals surface area contributed by atoms with Crippen LogP contribution in [0.1, 0.15) is 44.1 Å². The molecule has 9 heteroatoms. The fourth-order valence-corrected chi connectivity index (χ4v) is 4.00. The quantitative estimate of drug-likeness (QED) is 0.790. The van der Waals surface area contributed by atoms with Crippen LogP contribution in [0, 0.1) is 5.82 Å². The molecular formula is C15H17BrF3N5. The second-order valence-corrected chi connectivity index (χ2v) is 6.81. The molecule has 24 heavy (non-hydrogen) atoms. The molecule has 0 atom stereocenters. The summed E-state index contributed by atoms with van der Waals surface area (Å²) in [4.78, 5) is 9.86. The summed E-state index contributed by atoms with van der Waals surface area (Å²) in [5.41, 5.74) is 10.6. The maximum absolute atomic E-state index is 14.7. The second kappa shape index (κ2) is 6.27. The molecule has 130 valence electrons. The van der Waals surface area contributed by atoms with E-state index in [9.17, 15) is 13.2 Å². The van der Waals surface area contributed by atoms with Gasteiger partial charge in [-0.1, -0.05) is 6.42 Å². The summed E-state index contributed by atoms with van der Waals surface area (Å²) in [6.45, 7) is 0. The van der Waals surface area contributed by atoms with Crippen molar-refractivity contribution in [1.29, 1.82) is 0 Å². The SMILES string of the molecule is NC1=NC2(CCCCC2)N(c2c(F)cc(C(F)F)cc2Br)C(N)=N1. The lowest BCUT2D eigenvalue weighted by Gasteiger charge is -2.46. The molecule has 0 bridgehead atoms. The lowest BCUT2D eigenvalue weighted by atomic mass is 9.87. The van der Waals surface area contributed by atoms with Gasteiger partial charge in [0.25, 0.3) is 6.43 Å². The van der Waals surface area contributed by atoms with Gasteiger partial charge in [0.1, 0.15) is 11.5 Å². The van der Waals surface area contributed by atoms with Crippen LogP contribution in [0.15, 0.2) is 26.6 Å². The van der Waals surface area contributed by atoms with Gasteiger partial charge in [0, 0.05) is 10.0 Å². The zero-order chi connectivity index (χ0) is 17.5. The number of nitrogens with two attached hydrogens (primary N) is 2. The van der Waals surface area contributed by atoms with Crippen LogP contribution in [0.3, 0.4) is 0 Å². The second-order valence-electron chi connectivity index (χ2n) is 5.95. The van der Waals surface area contributed by atoms with Crippen molar-refractivity contribution >= 4 is 33.5 Å². The van der Waals surface area contributed by atoms with Crippen molar-refractivity contribution in [2.75, 3.05) is 4.90 Å². The first-order chi connectivity index (χ1) is 11.3. The number of hydrogen-bond acceptors (Lipinski definition) is 5. The average Bonchev–Trinajstić information content (AvgIpc) is 2.49. The van der Waals surface area contributed by atoms with Crippen LogP contribution in [0.5, 0.6) is 0 Å². The predicted octanol–water partition coefficient (Wildman–Crippen LogP) is 3.64. The minimum Gasteiger partial charge on any atom is -0.369 e. The molecule has 1 aliphatic heterocycles. The van der Waals surface area contributed by atoms with Crippen LogP contribution in [-0.2, 0) is 0 Å². The Balaban J connectivity index is 2.14. The van der Waals surface area contributed by atoms with Gasteiger partial charge in [0.15, 0.2) is 0 Å². The third kappa shape index (κ3) is 2.85. The van der Waals surface area contributed by atoms with E-state index in [2.05, 4.69) is 25.9 Å². The Hall–Kier alpha value is -1.77. The van der Waals surface area contributed by atoms with Crippen molar-refractivity contribution in [1.82, 2.24) is 0 Å². The van der Waals surface area contributed by atoms with Crippen molar-refractivity contribution in [2.45, 2.75) is 44.2 Å². The fourth-order valence-electron chi connectivity index (χ4n) is 3.37. The number of aliphatic imine (C=N–C) groups is 2. The predicted molar refractivity (Wildman–Crippen MR) is 90.6 cm³/mol. The number of halogens is 4. The Bertz CT molecular complexity index is 690. The molecule has 1 aromatic rings. The van der Waals surface area contributed by atoms with Crippen LogP contribution < -0.4 is 16.4 Å². The van der Waals surface area contributed by atoms with Crippen LogP contribution in [0.4, 0.5) is 18.9 Å². The number of guanidine groups is 2. The number of rotatable bonds is 2. The minimum atomic E-state index is -2.77. The molecule has 2 aliphatic rings. The standard InChI is InChI=1S/C15H17BrF3N5/c16-9-6-8(12(18)19)7-10(17)11(9)24-14(21)22-13(20)23-15(24)4-2-1-3-5-15/h6-7,12H,1-5H2,(H4,20,21,22,23). The van der Waals surface area contributed by atoms with Crippen LogP contribution >= 0.6 is 15.9 Å². The summed E-state index contributed by atoms with van der Waals surface area (Å²) in [5, 5.41) is 0. The van der Waals surface area contributed by atoms with E-state index in [0.717, 1.165) is 25.3 Å². The number of alkyl halides is 2. The Labute approximate surface area is 145 Å². The largest absolute Gasteiger partial charge is 0.369 e. The molecule has 1 saturated carbocycles. The molecule has 1 aromatic carbocycles. The van der Waals surface area contributed by atoms with Gasteiger partial charge in [-0.15, -0.1) is 0 Å². The Morgan fingerprint density at radius 2 is 1.83 bits per heavy atom. The van der Waals surface area contributed by atoms with E-state index in [-0.39, 0.29) is 22.1 Å². The monoisotopic (exact) mass is 403 g/mol. The number of hydrogen-bond donors (Lipinski definition) is 2. The number of anilines is 1. The smallest absolute Gasteiger partial charge is 0.263 e. The highest BCUT2D eigenvalue weighted by molar-refractivity contribution is 9.10. The van der Waals surface area contributed by atoms with E-state index in [1.165, 1.54) is 11.0 Å². The molecule has 3 rings (SSSR count). The van der Waals surface area contributed by atoms with Gasteiger partial charge in [-0.25, -0.2) is 18.2 Å². The summed E-state index contributed by atoms with van der Waals surface area (Å²) < 4.78 is 40.6. The van der Waals surface area contributed by atoms with Gasteiger partial charge in [0.05, 0.1) is 5.69 Å². The molecule has 0 amide bonds. The third-order valence-corrected chi connectivity index (χ3v) is 4.97. The maximum atomic E-state index is 14.7. The van der Waals surface area contributed by atoms with E-state index >= 15 is 0 Å². The highest BCUT2D eigenvalue weighted by atomic mass is 79.9. The molecule has 5 nitrogen and oxygen atoms in total. The lowest BCUT2D eigenvalue weighted by Crippen LogP contribution is -2.58. The van der Waals surface area contributed by atoms with Crippen molar-refractivity contribution in [2.24, 2.45) is 21.5 Å². The zero-order valence-corrected chi connectivity index (χ0v) is 14.4. The van der Waals surface area contributed by atoms with Crippen molar-refractivity contribution in [3.05, 3.63) is 28.0 Å².